The number of hydrogen-bond acceptors (Lipinski definition) is 4. The van der Waals surface area contributed by atoms with E-state index in [0.717, 1.165) is 21.3 Å². The summed E-state index contributed by atoms with van der Waals surface area (Å²) < 4.78 is 17.1. The van der Waals surface area contributed by atoms with E-state index in [1.54, 1.807) is 25.3 Å². The second-order valence-corrected chi connectivity index (χ2v) is 6.40. The maximum absolute atomic E-state index is 12.3. The van der Waals surface area contributed by atoms with Crippen LogP contribution in [0, 0.1) is 6.92 Å². The van der Waals surface area contributed by atoms with E-state index in [1.807, 2.05) is 25.1 Å². The van der Waals surface area contributed by atoms with Crippen molar-refractivity contribution in [3.8, 4) is 17.2 Å². The lowest BCUT2D eigenvalue weighted by Crippen LogP contribution is -2.16. The Balaban J connectivity index is 1.76. The molecular weight excluding hydrogens is 386 g/mol. The third-order valence-electron chi connectivity index (χ3n) is 3.69. The Hall–Kier alpha value is -2.47. The summed E-state index contributed by atoms with van der Waals surface area (Å²) in [5, 5.41) is 2.83. The fourth-order valence-corrected chi connectivity index (χ4v) is 2.91. The van der Waals surface area contributed by atoms with Gasteiger partial charge in [-0.2, -0.15) is 0 Å². The van der Waals surface area contributed by atoms with Crippen molar-refractivity contribution >= 4 is 33.6 Å². The van der Waals surface area contributed by atoms with Crippen molar-refractivity contribution in [1.82, 2.24) is 0 Å². The SMILES string of the molecule is COc1ccc(C)cc1/C=C/C(=O)Nc1cc2c(cc1Br)OCCO2. The van der Waals surface area contributed by atoms with E-state index in [0.29, 0.717) is 30.4 Å². The molecule has 2 aromatic rings. The van der Waals surface area contributed by atoms with Gasteiger partial charge in [-0.1, -0.05) is 11.6 Å². The van der Waals surface area contributed by atoms with Crippen LogP contribution in [0.1, 0.15) is 11.1 Å². The van der Waals surface area contributed by atoms with Gasteiger partial charge >= 0.3 is 0 Å². The smallest absolute Gasteiger partial charge is 0.248 e. The maximum Gasteiger partial charge on any atom is 0.248 e. The number of benzene rings is 2. The molecule has 0 saturated heterocycles. The molecule has 0 bridgehead atoms. The summed E-state index contributed by atoms with van der Waals surface area (Å²) >= 11 is 3.44. The number of halogens is 1. The molecule has 6 heteroatoms. The predicted octanol–water partition coefficient (Wildman–Crippen LogP) is 4.19. The lowest BCUT2D eigenvalue weighted by atomic mass is 10.1. The number of rotatable bonds is 4. The van der Waals surface area contributed by atoms with Gasteiger partial charge in [-0.15, -0.1) is 0 Å². The minimum Gasteiger partial charge on any atom is -0.496 e. The van der Waals surface area contributed by atoms with Gasteiger partial charge in [0.1, 0.15) is 19.0 Å². The van der Waals surface area contributed by atoms with Crippen molar-refractivity contribution in [2.24, 2.45) is 0 Å². The van der Waals surface area contributed by atoms with Gasteiger partial charge in [-0.25, -0.2) is 0 Å². The van der Waals surface area contributed by atoms with Crippen LogP contribution in [0.25, 0.3) is 6.08 Å². The normalized spacial score (nSPS) is 12.9. The lowest BCUT2D eigenvalue weighted by molar-refractivity contribution is -0.111. The molecule has 0 atom stereocenters. The molecule has 0 aliphatic carbocycles. The van der Waals surface area contributed by atoms with E-state index < -0.39 is 0 Å². The van der Waals surface area contributed by atoms with E-state index in [9.17, 15) is 4.79 Å². The molecule has 1 N–H and O–H groups in total. The van der Waals surface area contributed by atoms with Gasteiger partial charge in [0.25, 0.3) is 0 Å². The van der Waals surface area contributed by atoms with Gasteiger partial charge < -0.3 is 19.5 Å². The molecule has 130 valence electrons. The van der Waals surface area contributed by atoms with Gasteiger partial charge in [0.2, 0.25) is 5.91 Å². The van der Waals surface area contributed by atoms with Crippen LogP contribution in [0.4, 0.5) is 5.69 Å². The molecule has 0 aromatic heterocycles. The van der Waals surface area contributed by atoms with Crippen LogP contribution in [0.15, 0.2) is 40.9 Å². The molecule has 0 unspecified atom stereocenters. The maximum atomic E-state index is 12.3. The fourth-order valence-electron chi connectivity index (χ4n) is 2.48. The zero-order valence-electron chi connectivity index (χ0n) is 14.0. The van der Waals surface area contributed by atoms with E-state index in [1.165, 1.54) is 6.08 Å². The molecule has 3 rings (SSSR count). The van der Waals surface area contributed by atoms with Crippen molar-refractivity contribution in [3.05, 3.63) is 52.0 Å². The molecule has 0 fully saturated rings. The highest BCUT2D eigenvalue weighted by Gasteiger charge is 2.15. The molecule has 1 amide bonds. The summed E-state index contributed by atoms with van der Waals surface area (Å²) in [6.07, 6.45) is 3.20. The van der Waals surface area contributed by atoms with E-state index in [2.05, 4.69) is 21.2 Å². The lowest BCUT2D eigenvalue weighted by Gasteiger charge is -2.19. The van der Waals surface area contributed by atoms with Crippen LogP contribution < -0.4 is 19.5 Å². The number of carbonyl (C=O) groups is 1. The van der Waals surface area contributed by atoms with Crippen LogP contribution in [0.3, 0.4) is 0 Å². The molecule has 0 spiro atoms. The first kappa shape index (κ1) is 17.4. The van der Waals surface area contributed by atoms with Crippen molar-refractivity contribution in [2.45, 2.75) is 6.92 Å². The van der Waals surface area contributed by atoms with Gasteiger partial charge in [0, 0.05) is 28.2 Å². The van der Waals surface area contributed by atoms with Crippen LogP contribution in [0.5, 0.6) is 17.2 Å². The average molecular weight is 404 g/mol. The second kappa shape index (κ2) is 7.61. The number of anilines is 1. The summed E-state index contributed by atoms with van der Waals surface area (Å²) in [5.74, 6) is 1.75. The highest BCUT2D eigenvalue weighted by Crippen LogP contribution is 2.38. The molecular formula is C19H18BrNO4. The minimum absolute atomic E-state index is 0.249. The quantitative estimate of drug-likeness (QED) is 0.777. The van der Waals surface area contributed by atoms with Crippen molar-refractivity contribution < 1.29 is 19.0 Å². The van der Waals surface area contributed by atoms with E-state index >= 15 is 0 Å². The molecule has 25 heavy (non-hydrogen) atoms. The highest BCUT2D eigenvalue weighted by molar-refractivity contribution is 9.10. The molecule has 1 heterocycles. The van der Waals surface area contributed by atoms with Gasteiger partial charge in [0.05, 0.1) is 12.8 Å². The third kappa shape index (κ3) is 4.14. The van der Waals surface area contributed by atoms with Gasteiger partial charge in [-0.05, 0) is 41.1 Å². The van der Waals surface area contributed by atoms with Gasteiger partial charge in [0.15, 0.2) is 11.5 Å². The number of amides is 1. The number of nitrogens with one attached hydrogen (secondary N) is 1. The number of aryl methyl sites for hydroxylation is 1. The Morgan fingerprint density at radius 3 is 2.64 bits per heavy atom. The number of fused-ring (bicyclic) bond motifs is 1. The summed E-state index contributed by atoms with van der Waals surface area (Å²) in [5.41, 5.74) is 2.56. The fraction of sp³-hybridized carbons (Fsp3) is 0.211. The summed E-state index contributed by atoms with van der Waals surface area (Å²) in [6.45, 7) is 3.00. The first-order valence-electron chi connectivity index (χ1n) is 7.79. The monoisotopic (exact) mass is 403 g/mol. The second-order valence-electron chi connectivity index (χ2n) is 5.54. The minimum atomic E-state index is -0.249. The number of ether oxygens (including phenoxy) is 3. The standard InChI is InChI=1S/C19H18BrNO4/c1-12-3-5-16(23-2)13(9-12)4-6-19(22)21-15-11-18-17(10-14(15)20)24-7-8-25-18/h3-6,9-11H,7-8H2,1-2H3,(H,21,22)/b6-4+. The van der Waals surface area contributed by atoms with Crippen molar-refractivity contribution in [3.63, 3.8) is 0 Å². The molecule has 1 aliphatic rings. The summed E-state index contributed by atoms with van der Waals surface area (Å²) in [4.78, 5) is 12.3. The predicted molar refractivity (Wildman–Crippen MR) is 101 cm³/mol. The third-order valence-corrected chi connectivity index (χ3v) is 4.35. The molecule has 0 saturated carbocycles. The first-order chi connectivity index (χ1) is 12.1. The zero-order chi connectivity index (χ0) is 17.8. The average Bonchev–Trinajstić information content (AvgIpc) is 2.60. The van der Waals surface area contributed by atoms with E-state index in [-0.39, 0.29) is 5.91 Å². The van der Waals surface area contributed by atoms with Crippen LogP contribution in [-0.4, -0.2) is 26.2 Å². The summed E-state index contributed by atoms with van der Waals surface area (Å²) in [7, 11) is 1.61. The number of carbonyl (C=O) groups excluding carboxylic acids is 1. The van der Waals surface area contributed by atoms with Gasteiger partial charge in [-0.3, -0.25) is 4.79 Å². The van der Waals surface area contributed by atoms with Crippen LogP contribution in [0.2, 0.25) is 0 Å². The Morgan fingerprint density at radius 2 is 1.92 bits per heavy atom. The van der Waals surface area contributed by atoms with Crippen LogP contribution >= 0.6 is 15.9 Å². The Bertz CT molecular complexity index is 832. The topological polar surface area (TPSA) is 56.8 Å². The summed E-state index contributed by atoms with van der Waals surface area (Å²) in [6, 6.07) is 9.34. The Kier molecular flexibility index (Phi) is 5.28. The number of hydrogen-bond donors (Lipinski definition) is 1. The molecule has 5 nitrogen and oxygen atoms in total. The zero-order valence-corrected chi connectivity index (χ0v) is 15.6. The molecule has 0 radical (unpaired) electrons. The van der Waals surface area contributed by atoms with Crippen molar-refractivity contribution in [2.75, 3.05) is 25.6 Å². The largest absolute Gasteiger partial charge is 0.496 e. The van der Waals surface area contributed by atoms with Crippen LogP contribution in [-0.2, 0) is 4.79 Å². The molecule has 1 aliphatic heterocycles. The highest BCUT2D eigenvalue weighted by atomic mass is 79.9. The Morgan fingerprint density at radius 1 is 1.20 bits per heavy atom. The Labute approximate surface area is 154 Å². The number of methoxy groups -OCH3 is 1. The first-order valence-corrected chi connectivity index (χ1v) is 8.59. The van der Waals surface area contributed by atoms with E-state index in [4.69, 9.17) is 14.2 Å². The molecule has 2 aromatic carbocycles. The van der Waals surface area contributed by atoms with Crippen molar-refractivity contribution in [1.29, 1.82) is 0 Å².